The summed E-state index contributed by atoms with van der Waals surface area (Å²) >= 11 is -0.300. The van der Waals surface area contributed by atoms with Crippen molar-refractivity contribution in [3.8, 4) is 5.75 Å². The Kier molecular flexibility index (Phi) is 5.92. The van der Waals surface area contributed by atoms with Crippen molar-refractivity contribution in [2.24, 2.45) is 0 Å². The SMILES string of the molecule is O=C(NCCOc1ccccc1)c1ccccc1SC(F)(F)F. The number of halogens is 3. The first-order valence-electron chi connectivity index (χ1n) is 6.76. The largest absolute Gasteiger partial charge is 0.492 e. The number of amides is 1. The molecular weight excluding hydrogens is 327 g/mol. The summed E-state index contributed by atoms with van der Waals surface area (Å²) in [6.45, 7) is 0.420. The fourth-order valence-corrected chi connectivity index (χ4v) is 2.48. The van der Waals surface area contributed by atoms with Crippen molar-refractivity contribution in [2.75, 3.05) is 13.2 Å². The van der Waals surface area contributed by atoms with Crippen LogP contribution < -0.4 is 10.1 Å². The van der Waals surface area contributed by atoms with Crippen LogP contribution in [0.3, 0.4) is 0 Å². The van der Waals surface area contributed by atoms with E-state index in [-0.39, 0.29) is 35.4 Å². The van der Waals surface area contributed by atoms with Gasteiger partial charge in [0.2, 0.25) is 0 Å². The normalized spacial score (nSPS) is 11.1. The molecule has 2 aromatic rings. The van der Waals surface area contributed by atoms with Gasteiger partial charge in [-0.25, -0.2) is 0 Å². The van der Waals surface area contributed by atoms with E-state index < -0.39 is 11.4 Å². The second-order valence-corrected chi connectivity index (χ2v) is 5.57. The first kappa shape index (κ1) is 17.2. The van der Waals surface area contributed by atoms with Gasteiger partial charge in [0.05, 0.1) is 12.1 Å². The average Bonchev–Trinajstić information content (AvgIpc) is 2.51. The molecule has 0 saturated carbocycles. The molecular formula is C16H14F3NO2S. The van der Waals surface area contributed by atoms with Crippen LogP contribution >= 0.6 is 11.8 Å². The van der Waals surface area contributed by atoms with Crippen LogP contribution in [-0.2, 0) is 0 Å². The van der Waals surface area contributed by atoms with Crippen LogP contribution in [0.5, 0.6) is 5.75 Å². The number of benzene rings is 2. The summed E-state index contributed by atoms with van der Waals surface area (Å²) in [6, 6.07) is 14.7. The number of hydrogen-bond donors (Lipinski definition) is 1. The van der Waals surface area contributed by atoms with E-state index in [1.54, 1.807) is 12.1 Å². The van der Waals surface area contributed by atoms with E-state index in [1.165, 1.54) is 24.3 Å². The molecule has 7 heteroatoms. The number of rotatable bonds is 6. The number of para-hydroxylation sites is 1. The van der Waals surface area contributed by atoms with E-state index >= 15 is 0 Å². The predicted molar refractivity (Wildman–Crippen MR) is 82.6 cm³/mol. The van der Waals surface area contributed by atoms with Gasteiger partial charge in [-0.05, 0) is 36.0 Å². The highest BCUT2D eigenvalue weighted by Gasteiger charge is 2.31. The van der Waals surface area contributed by atoms with E-state index in [0.29, 0.717) is 5.75 Å². The van der Waals surface area contributed by atoms with Crippen LogP contribution in [-0.4, -0.2) is 24.6 Å². The molecule has 3 nitrogen and oxygen atoms in total. The van der Waals surface area contributed by atoms with E-state index in [0.717, 1.165) is 0 Å². The van der Waals surface area contributed by atoms with Crippen LogP contribution in [0.15, 0.2) is 59.5 Å². The summed E-state index contributed by atoms with van der Waals surface area (Å²) in [7, 11) is 0. The molecule has 0 radical (unpaired) electrons. The molecule has 0 unspecified atom stereocenters. The highest BCUT2D eigenvalue weighted by atomic mass is 32.2. The van der Waals surface area contributed by atoms with Crippen molar-refractivity contribution >= 4 is 17.7 Å². The van der Waals surface area contributed by atoms with Crippen LogP contribution in [0.25, 0.3) is 0 Å². The van der Waals surface area contributed by atoms with Crippen LogP contribution in [0.2, 0.25) is 0 Å². The zero-order valence-corrected chi connectivity index (χ0v) is 12.8. The zero-order chi connectivity index (χ0) is 16.7. The fraction of sp³-hybridized carbons (Fsp3) is 0.188. The van der Waals surface area contributed by atoms with Gasteiger partial charge in [-0.2, -0.15) is 13.2 Å². The molecule has 1 amide bonds. The van der Waals surface area contributed by atoms with Gasteiger partial charge < -0.3 is 10.1 Å². The number of alkyl halides is 3. The lowest BCUT2D eigenvalue weighted by molar-refractivity contribution is -0.0328. The monoisotopic (exact) mass is 341 g/mol. The Morgan fingerprint density at radius 1 is 1.04 bits per heavy atom. The summed E-state index contributed by atoms with van der Waals surface area (Å²) in [5.74, 6) is 0.101. The minimum atomic E-state index is -4.44. The van der Waals surface area contributed by atoms with Gasteiger partial charge in [0.15, 0.2) is 0 Å². The third-order valence-corrected chi connectivity index (χ3v) is 3.56. The second kappa shape index (κ2) is 7.92. The highest BCUT2D eigenvalue weighted by molar-refractivity contribution is 8.00. The van der Waals surface area contributed by atoms with E-state index in [2.05, 4.69) is 5.32 Å². The quantitative estimate of drug-likeness (QED) is 0.635. The van der Waals surface area contributed by atoms with Gasteiger partial charge in [0, 0.05) is 4.90 Å². The molecule has 0 aliphatic rings. The first-order chi connectivity index (χ1) is 11.0. The minimum absolute atomic E-state index is 0.00506. The van der Waals surface area contributed by atoms with Crippen molar-refractivity contribution < 1.29 is 22.7 Å². The second-order valence-electron chi connectivity index (χ2n) is 4.46. The Labute approximate surface area is 135 Å². The topological polar surface area (TPSA) is 38.3 Å². The standard InChI is InChI=1S/C16H14F3NO2S/c17-16(18,19)23-14-9-5-4-8-13(14)15(21)20-10-11-22-12-6-2-1-3-7-12/h1-9H,10-11H2,(H,20,21). The Balaban J connectivity index is 1.88. The number of ether oxygens (including phenoxy) is 1. The summed E-state index contributed by atoms with van der Waals surface area (Å²) in [6.07, 6.45) is 0. The maximum absolute atomic E-state index is 12.5. The molecule has 0 aliphatic carbocycles. The molecule has 0 spiro atoms. The third-order valence-electron chi connectivity index (χ3n) is 2.76. The van der Waals surface area contributed by atoms with Crippen LogP contribution in [0.4, 0.5) is 13.2 Å². The molecule has 0 aromatic heterocycles. The molecule has 0 aliphatic heterocycles. The molecule has 0 atom stereocenters. The zero-order valence-electron chi connectivity index (χ0n) is 12.0. The summed E-state index contributed by atoms with van der Waals surface area (Å²) in [5.41, 5.74) is -4.44. The van der Waals surface area contributed by atoms with E-state index in [1.807, 2.05) is 18.2 Å². The Hall–Kier alpha value is -2.15. The van der Waals surface area contributed by atoms with E-state index in [9.17, 15) is 18.0 Å². The molecule has 23 heavy (non-hydrogen) atoms. The highest BCUT2D eigenvalue weighted by Crippen LogP contribution is 2.38. The first-order valence-corrected chi connectivity index (χ1v) is 7.58. The van der Waals surface area contributed by atoms with Crippen molar-refractivity contribution in [2.45, 2.75) is 10.4 Å². The van der Waals surface area contributed by atoms with Crippen molar-refractivity contribution in [1.29, 1.82) is 0 Å². The summed E-state index contributed by atoms with van der Waals surface area (Å²) < 4.78 is 42.9. The molecule has 0 saturated heterocycles. The van der Waals surface area contributed by atoms with Gasteiger partial charge in [-0.15, -0.1) is 0 Å². The number of carbonyl (C=O) groups is 1. The lowest BCUT2D eigenvalue weighted by Crippen LogP contribution is -2.28. The molecule has 0 heterocycles. The molecule has 1 N–H and O–H groups in total. The van der Waals surface area contributed by atoms with Crippen LogP contribution in [0, 0.1) is 0 Å². The lowest BCUT2D eigenvalue weighted by Gasteiger charge is -2.11. The van der Waals surface area contributed by atoms with Gasteiger partial charge in [0.25, 0.3) is 5.91 Å². The number of hydrogen-bond acceptors (Lipinski definition) is 3. The predicted octanol–water partition coefficient (Wildman–Crippen LogP) is 4.11. The molecule has 0 bridgehead atoms. The van der Waals surface area contributed by atoms with Gasteiger partial charge in [-0.1, -0.05) is 30.3 Å². The molecule has 122 valence electrons. The molecule has 2 aromatic carbocycles. The fourth-order valence-electron chi connectivity index (χ4n) is 1.81. The van der Waals surface area contributed by atoms with Crippen molar-refractivity contribution in [3.05, 3.63) is 60.2 Å². The van der Waals surface area contributed by atoms with Gasteiger partial charge in [0.1, 0.15) is 12.4 Å². The van der Waals surface area contributed by atoms with Gasteiger partial charge >= 0.3 is 5.51 Å². The minimum Gasteiger partial charge on any atom is -0.492 e. The Morgan fingerprint density at radius 3 is 2.39 bits per heavy atom. The Bertz CT molecular complexity index is 647. The number of nitrogens with one attached hydrogen (secondary N) is 1. The smallest absolute Gasteiger partial charge is 0.446 e. The Morgan fingerprint density at radius 2 is 1.70 bits per heavy atom. The number of thioether (sulfide) groups is 1. The summed E-state index contributed by atoms with van der Waals surface area (Å²) in [5, 5.41) is 2.55. The lowest BCUT2D eigenvalue weighted by atomic mass is 10.2. The third kappa shape index (κ3) is 5.86. The molecule has 0 fully saturated rings. The average molecular weight is 341 g/mol. The maximum Gasteiger partial charge on any atom is 0.446 e. The van der Waals surface area contributed by atoms with Crippen molar-refractivity contribution in [1.82, 2.24) is 5.32 Å². The van der Waals surface area contributed by atoms with Crippen LogP contribution in [0.1, 0.15) is 10.4 Å². The summed E-state index contributed by atoms with van der Waals surface area (Å²) in [4.78, 5) is 11.9. The maximum atomic E-state index is 12.5. The van der Waals surface area contributed by atoms with E-state index in [4.69, 9.17) is 4.74 Å². The van der Waals surface area contributed by atoms with Gasteiger partial charge in [-0.3, -0.25) is 4.79 Å². The van der Waals surface area contributed by atoms with Crippen molar-refractivity contribution in [3.63, 3.8) is 0 Å². The number of carbonyl (C=O) groups excluding carboxylic acids is 1. The molecule has 2 rings (SSSR count).